The number of ether oxygens (including phenoxy) is 1. The molecule has 0 aromatic heterocycles. The van der Waals surface area contributed by atoms with Gasteiger partial charge in [-0.25, -0.2) is 0 Å². The van der Waals surface area contributed by atoms with Crippen LogP contribution in [0.5, 0.6) is 5.75 Å². The molecule has 2 aromatic carbocycles. The summed E-state index contributed by atoms with van der Waals surface area (Å²) in [7, 11) is 0. The van der Waals surface area contributed by atoms with E-state index in [0.29, 0.717) is 12.3 Å². The van der Waals surface area contributed by atoms with Crippen LogP contribution in [0.1, 0.15) is 24.0 Å². The van der Waals surface area contributed by atoms with Gasteiger partial charge in [0.15, 0.2) is 6.61 Å². The van der Waals surface area contributed by atoms with Gasteiger partial charge in [0, 0.05) is 17.6 Å². The number of nitrogens with one attached hydrogen (secondary N) is 1. The number of hydrogen-bond acceptors (Lipinski definition) is 3. The second-order valence-corrected chi connectivity index (χ2v) is 7.24. The lowest BCUT2D eigenvalue weighted by atomic mass is 10.1. The van der Waals surface area contributed by atoms with Crippen LogP contribution in [0, 0.1) is 0 Å². The number of hydrogen-bond donors (Lipinski definition) is 1. The Kier molecular flexibility index (Phi) is 6.48. The third-order valence-corrected chi connectivity index (χ3v) is 4.80. The van der Waals surface area contributed by atoms with Gasteiger partial charge in [0.1, 0.15) is 5.75 Å². The molecule has 0 saturated carbocycles. The van der Waals surface area contributed by atoms with Crippen molar-refractivity contribution in [2.75, 3.05) is 19.7 Å². The van der Waals surface area contributed by atoms with E-state index in [9.17, 15) is 4.79 Å². The second kappa shape index (κ2) is 9.02. The smallest absolute Gasteiger partial charge is 0.258 e. The van der Waals surface area contributed by atoms with Crippen molar-refractivity contribution in [2.24, 2.45) is 0 Å². The first-order valence-electron chi connectivity index (χ1n) is 8.64. The van der Waals surface area contributed by atoms with E-state index in [4.69, 9.17) is 4.74 Å². The van der Waals surface area contributed by atoms with Gasteiger partial charge in [-0.2, -0.15) is 0 Å². The van der Waals surface area contributed by atoms with Crippen molar-refractivity contribution in [3.05, 3.63) is 64.1 Å². The summed E-state index contributed by atoms with van der Waals surface area (Å²) in [5, 5.41) is 2.91. The molecular formula is C20H23BrN2O2. The fourth-order valence-electron chi connectivity index (χ4n) is 2.97. The van der Waals surface area contributed by atoms with Crippen molar-refractivity contribution in [1.82, 2.24) is 10.2 Å². The number of likely N-dealkylation sites (tertiary alicyclic amines) is 1. The summed E-state index contributed by atoms with van der Waals surface area (Å²) in [5.74, 6) is 0.568. The normalized spacial score (nSPS) is 14.4. The van der Waals surface area contributed by atoms with Crippen LogP contribution in [-0.2, 0) is 17.9 Å². The van der Waals surface area contributed by atoms with Gasteiger partial charge in [-0.3, -0.25) is 9.69 Å². The highest BCUT2D eigenvalue weighted by molar-refractivity contribution is 9.10. The zero-order valence-electron chi connectivity index (χ0n) is 14.2. The van der Waals surface area contributed by atoms with E-state index < -0.39 is 0 Å². The zero-order chi connectivity index (χ0) is 17.5. The lowest BCUT2D eigenvalue weighted by Crippen LogP contribution is -2.28. The van der Waals surface area contributed by atoms with Crippen molar-refractivity contribution in [2.45, 2.75) is 25.9 Å². The van der Waals surface area contributed by atoms with E-state index in [-0.39, 0.29) is 12.5 Å². The van der Waals surface area contributed by atoms with Crippen molar-refractivity contribution >= 4 is 21.8 Å². The van der Waals surface area contributed by atoms with Gasteiger partial charge in [0.25, 0.3) is 5.91 Å². The number of nitrogens with zero attached hydrogens (tertiary/aromatic N) is 1. The molecule has 0 bridgehead atoms. The number of carbonyl (C=O) groups excluding carboxylic acids is 1. The predicted octanol–water partition coefficient (Wildman–Crippen LogP) is 3.74. The Labute approximate surface area is 157 Å². The second-order valence-electron chi connectivity index (χ2n) is 6.32. The summed E-state index contributed by atoms with van der Waals surface area (Å²) in [6.45, 7) is 3.92. The molecule has 1 aliphatic rings. The Bertz CT molecular complexity index is 697. The standard InChI is InChI=1S/C20H23BrN2O2/c21-18-6-8-19(9-7-18)25-15-20(24)22-13-16-4-3-5-17(12-16)14-23-10-1-2-11-23/h3-9,12H,1-2,10-11,13-15H2,(H,22,24). The Hall–Kier alpha value is -1.85. The summed E-state index contributed by atoms with van der Waals surface area (Å²) in [6, 6.07) is 15.9. The average Bonchev–Trinajstić information content (AvgIpc) is 3.13. The van der Waals surface area contributed by atoms with Gasteiger partial charge < -0.3 is 10.1 Å². The minimum Gasteiger partial charge on any atom is -0.484 e. The van der Waals surface area contributed by atoms with E-state index in [1.165, 1.54) is 31.5 Å². The molecule has 0 atom stereocenters. The summed E-state index contributed by atoms with van der Waals surface area (Å²) in [6.07, 6.45) is 2.60. The third kappa shape index (κ3) is 5.87. The number of benzene rings is 2. The molecule has 0 spiro atoms. The van der Waals surface area contributed by atoms with Gasteiger partial charge in [-0.1, -0.05) is 40.2 Å². The van der Waals surface area contributed by atoms with Crippen LogP contribution in [-0.4, -0.2) is 30.5 Å². The Morgan fingerprint density at radius 1 is 1.08 bits per heavy atom. The Morgan fingerprint density at radius 3 is 2.56 bits per heavy atom. The van der Waals surface area contributed by atoms with Crippen molar-refractivity contribution < 1.29 is 9.53 Å². The quantitative estimate of drug-likeness (QED) is 0.766. The molecule has 3 rings (SSSR count). The highest BCUT2D eigenvalue weighted by Crippen LogP contribution is 2.16. The van der Waals surface area contributed by atoms with Crippen molar-refractivity contribution in [3.8, 4) is 5.75 Å². The van der Waals surface area contributed by atoms with Gasteiger partial charge in [0.05, 0.1) is 0 Å². The molecule has 1 N–H and O–H groups in total. The third-order valence-electron chi connectivity index (χ3n) is 4.27. The molecule has 1 heterocycles. The van der Waals surface area contributed by atoms with Crippen molar-refractivity contribution in [1.29, 1.82) is 0 Å². The minimum atomic E-state index is -0.118. The molecule has 25 heavy (non-hydrogen) atoms. The maximum absolute atomic E-state index is 12.0. The molecule has 1 aliphatic heterocycles. The highest BCUT2D eigenvalue weighted by Gasteiger charge is 2.11. The Morgan fingerprint density at radius 2 is 1.80 bits per heavy atom. The SMILES string of the molecule is O=C(COc1ccc(Br)cc1)NCc1cccc(CN2CCCC2)c1. The van der Waals surface area contributed by atoms with E-state index in [1.54, 1.807) is 0 Å². The van der Waals surface area contributed by atoms with Crippen LogP contribution in [0.4, 0.5) is 0 Å². The first-order valence-corrected chi connectivity index (χ1v) is 9.43. The maximum atomic E-state index is 12.0. The molecular weight excluding hydrogens is 380 g/mol. The maximum Gasteiger partial charge on any atom is 0.258 e. The first-order chi connectivity index (χ1) is 12.2. The fourth-order valence-corrected chi connectivity index (χ4v) is 3.23. The van der Waals surface area contributed by atoms with E-state index in [1.807, 2.05) is 30.3 Å². The molecule has 0 unspecified atom stereocenters. The Balaban J connectivity index is 1.44. The molecule has 132 valence electrons. The topological polar surface area (TPSA) is 41.6 Å². The summed E-state index contributed by atoms with van der Waals surface area (Å²) >= 11 is 3.37. The lowest BCUT2D eigenvalue weighted by Gasteiger charge is -2.15. The summed E-state index contributed by atoms with van der Waals surface area (Å²) < 4.78 is 6.47. The summed E-state index contributed by atoms with van der Waals surface area (Å²) in [4.78, 5) is 14.4. The molecule has 5 heteroatoms. The molecule has 4 nitrogen and oxygen atoms in total. The monoisotopic (exact) mass is 402 g/mol. The molecule has 0 radical (unpaired) electrons. The van der Waals surface area contributed by atoms with Gasteiger partial charge in [-0.15, -0.1) is 0 Å². The molecule has 1 fully saturated rings. The number of rotatable bonds is 7. The van der Waals surface area contributed by atoms with Gasteiger partial charge >= 0.3 is 0 Å². The first kappa shape index (κ1) is 18.0. The van der Waals surface area contributed by atoms with Gasteiger partial charge in [-0.05, 0) is 61.3 Å². The zero-order valence-corrected chi connectivity index (χ0v) is 15.8. The number of carbonyl (C=O) groups is 1. The van der Waals surface area contributed by atoms with Crippen LogP contribution in [0.2, 0.25) is 0 Å². The average molecular weight is 403 g/mol. The van der Waals surface area contributed by atoms with E-state index in [2.05, 4.69) is 44.3 Å². The highest BCUT2D eigenvalue weighted by atomic mass is 79.9. The summed E-state index contributed by atoms with van der Waals surface area (Å²) in [5.41, 5.74) is 2.42. The number of amides is 1. The number of halogens is 1. The lowest BCUT2D eigenvalue weighted by molar-refractivity contribution is -0.123. The van der Waals surface area contributed by atoms with E-state index in [0.717, 1.165) is 16.6 Å². The van der Waals surface area contributed by atoms with Gasteiger partial charge in [0.2, 0.25) is 0 Å². The predicted molar refractivity (Wildman–Crippen MR) is 102 cm³/mol. The molecule has 1 amide bonds. The van der Waals surface area contributed by atoms with Crippen molar-refractivity contribution in [3.63, 3.8) is 0 Å². The van der Waals surface area contributed by atoms with Crippen LogP contribution in [0.25, 0.3) is 0 Å². The fraction of sp³-hybridized carbons (Fsp3) is 0.350. The molecule has 1 saturated heterocycles. The van der Waals surface area contributed by atoms with Crippen LogP contribution in [0.15, 0.2) is 53.0 Å². The molecule has 2 aromatic rings. The molecule has 0 aliphatic carbocycles. The largest absolute Gasteiger partial charge is 0.484 e. The van der Waals surface area contributed by atoms with Crippen LogP contribution >= 0.6 is 15.9 Å². The van der Waals surface area contributed by atoms with Crippen LogP contribution < -0.4 is 10.1 Å². The van der Waals surface area contributed by atoms with Crippen LogP contribution in [0.3, 0.4) is 0 Å². The van der Waals surface area contributed by atoms with E-state index >= 15 is 0 Å². The minimum absolute atomic E-state index is 0.0229.